The van der Waals surface area contributed by atoms with Crippen molar-refractivity contribution in [2.75, 3.05) is 26.2 Å². The van der Waals surface area contributed by atoms with Gasteiger partial charge in [-0.3, -0.25) is 4.79 Å². The molecule has 0 bridgehead atoms. The van der Waals surface area contributed by atoms with E-state index in [0.717, 1.165) is 32.5 Å². The van der Waals surface area contributed by atoms with E-state index < -0.39 is 0 Å². The van der Waals surface area contributed by atoms with Crippen LogP contribution in [0.1, 0.15) is 25.3 Å². The van der Waals surface area contributed by atoms with Crippen LogP contribution in [0.25, 0.3) is 0 Å². The van der Waals surface area contributed by atoms with Crippen LogP contribution in [0.2, 0.25) is 0 Å². The summed E-state index contributed by atoms with van der Waals surface area (Å²) in [5.74, 6) is 0.856. The largest absolute Gasteiger partial charge is 0.357 e. The zero-order valence-electron chi connectivity index (χ0n) is 12.3. The van der Waals surface area contributed by atoms with E-state index >= 15 is 0 Å². The number of nitrogens with one attached hydrogen (secondary N) is 2. The maximum atomic E-state index is 12.0. The summed E-state index contributed by atoms with van der Waals surface area (Å²) in [6.07, 6.45) is 2.25. The van der Waals surface area contributed by atoms with Crippen molar-refractivity contribution in [3.8, 4) is 0 Å². The molecule has 1 fully saturated rings. The van der Waals surface area contributed by atoms with E-state index in [2.05, 4.69) is 27.1 Å². The predicted molar refractivity (Wildman–Crippen MR) is 98.4 cm³/mol. The lowest BCUT2D eigenvalue weighted by atomic mass is 10.3. The average molecular weight is 422 g/mol. The molecule has 0 saturated carbocycles. The molecule has 2 N–H and O–H groups in total. The first-order chi connectivity index (χ1) is 9.79. The third-order valence-electron chi connectivity index (χ3n) is 3.21. The summed E-state index contributed by atoms with van der Waals surface area (Å²) in [6, 6.07) is 2.06. The molecule has 118 valence electrons. The molecule has 7 heteroatoms. The third kappa shape index (κ3) is 6.21. The Balaban J connectivity index is 0.00000220. The number of hydrogen-bond donors (Lipinski definition) is 2. The number of likely N-dealkylation sites (tertiary alicyclic amines) is 1. The van der Waals surface area contributed by atoms with E-state index in [4.69, 9.17) is 0 Å². The molecule has 1 saturated heterocycles. The van der Waals surface area contributed by atoms with E-state index in [0.29, 0.717) is 19.0 Å². The zero-order chi connectivity index (χ0) is 14.2. The summed E-state index contributed by atoms with van der Waals surface area (Å²) in [7, 11) is 0. The van der Waals surface area contributed by atoms with Crippen molar-refractivity contribution in [3.05, 3.63) is 22.4 Å². The van der Waals surface area contributed by atoms with Crippen LogP contribution in [0.5, 0.6) is 0 Å². The number of rotatable bonds is 5. The molecule has 0 spiro atoms. The van der Waals surface area contributed by atoms with Crippen molar-refractivity contribution in [3.63, 3.8) is 0 Å². The van der Waals surface area contributed by atoms with Gasteiger partial charge in [-0.25, -0.2) is 4.99 Å². The number of halogens is 1. The van der Waals surface area contributed by atoms with Gasteiger partial charge >= 0.3 is 0 Å². The summed E-state index contributed by atoms with van der Waals surface area (Å²) < 4.78 is 0. The molecular formula is C14H23IN4OS. The lowest BCUT2D eigenvalue weighted by molar-refractivity contribution is -0.128. The Labute approximate surface area is 147 Å². The number of nitrogens with zero attached hydrogens (tertiary/aromatic N) is 2. The minimum Gasteiger partial charge on any atom is -0.357 e. The van der Waals surface area contributed by atoms with Gasteiger partial charge < -0.3 is 15.5 Å². The molecule has 2 heterocycles. The standard InChI is InChI=1S/C14H22N4OS.HI/c1-2-15-14(16-9-12-5-8-20-11-12)17-10-13(19)18-6-3-4-7-18;/h5,8,11H,2-4,6-7,9-10H2,1H3,(H2,15,16,17);1H. The van der Waals surface area contributed by atoms with Crippen molar-refractivity contribution in [2.45, 2.75) is 26.3 Å². The van der Waals surface area contributed by atoms with Crippen molar-refractivity contribution in [2.24, 2.45) is 4.99 Å². The Bertz CT molecular complexity index is 444. The molecule has 5 nitrogen and oxygen atoms in total. The summed E-state index contributed by atoms with van der Waals surface area (Å²) in [5, 5.41) is 10.4. The van der Waals surface area contributed by atoms with E-state index in [1.54, 1.807) is 11.3 Å². The second kappa shape index (κ2) is 9.99. The Morgan fingerprint density at radius 1 is 1.38 bits per heavy atom. The maximum Gasteiger partial charge on any atom is 0.241 e. The Morgan fingerprint density at radius 3 is 2.76 bits per heavy atom. The second-order valence-corrected chi connectivity index (χ2v) is 5.55. The lowest BCUT2D eigenvalue weighted by Crippen LogP contribution is -2.44. The molecule has 1 amide bonds. The van der Waals surface area contributed by atoms with Crippen LogP contribution >= 0.6 is 35.3 Å². The molecule has 1 aliphatic rings. The summed E-state index contributed by atoms with van der Waals surface area (Å²) in [4.78, 5) is 18.4. The van der Waals surface area contributed by atoms with Gasteiger partial charge in [0.05, 0.1) is 13.1 Å². The molecule has 0 aromatic carbocycles. The topological polar surface area (TPSA) is 56.7 Å². The van der Waals surface area contributed by atoms with Crippen LogP contribution in [0, 0.1) is 0 Å². The summed E-state index contributed by atoms with van der Waals surface area (Å²) >= 11 is 1.67. The Hall–Kier alpha value is -0.830. The van der Waals surface area contributed by atoms with Crippen LogP contribution < -0.4 is 10.6 Å². The van der Waals surface area contributed by atoms with Crippen molar-refractivity contribution < 1.29 is 4.79 Å². The van der Waals surface area contributed by atoms with Crippen LogP contribution in [0.15, 0.2) is 21.8 Å². The van der Waals surface area contributed by atoms with Gasteiger partial charge in [-0.05, 0) is 42.2 Å². The highest BCUT2D eigenvalue weighted by Gasteiger charge is 2.17. The van der Waals surface area contributed by atoms with Crippen LogP contribution in [-0.2, 0) is 11.3 Å². The molecule has 0 atom stereocenters. The normalized spacial score (nSPS) is 14.7. The first-order valence-electron chi connectivity index (χ1n) is 7.10. The fourth-order valence-electron chi connectivity index (χ4n) is 2.13. The average Bonchev–Trinajstić information content (AvgIpc) is 3.13. The van der Waals surface area contributed by atoms with Crippen molar-refractivity contribution in [1.29, 1.82) is 0 Å². The minimum absolute atomic E-state index is 0. The minimum atomic E-state index is 0. The molecule has 0 radical (unpaired) electrons. The molecule has 1 aromatic heterocycles. The smallest absolute Gasteiger partial charge is 0.241 e. The highest BCUT2D eigenvalue weighted by atomic mass is 127. The number of guanidine groups is 1. The number of aliphatic imine (C=N–C) groups is 1. The summed E-state index contributed by atoms with van der Waals surface area (Å²) in [5.41, 5.74) is 1.19. The zero-order valence-corrected chi connectivity index (χ0v) is 15.4. The number of carbonyl (C=O) groups excluding carboxylic acids is 1. The van der Waals surface area contributed by atoms with Gasteiger partial charge in [-0.2, -0.15) is 11.3 Å². The number of carbonyl (C=O) groups is 1. The van der Waals surface area contributed by atoms with Gasteiger partial charge in [-0.1, -0.05) is 0 Å². The predicted octanol–water partition coefficient (Wildman–Crippen LogP) is 2.04. The highest BCUT2D eigenvalue weighted by molar-refractivity contribution is 14.0. The van der Waals surface area contributed by atoms with Crippen LogP contribution in [0.4, 0.5) is 0 Å². The second-order valence-electron chi connectivity index (χ2n) is 4.77. The number of hydrogen-bond acceptors (Lipinski definition) is 3. The van der Waals surface area contributed by atoms with Crippen molar-refractivity contribution in [1.82, 2.24) is 15.5 Å². The Kier molecular flexibility index (Phi) is 8.67. The molecule has 1 aromatic rings. The molecule has 1 aliphatic heterocycles. The third-order valence-corrected chi connectivity index (χ3v) is 3.94. The fraction of sp³-hybridized carbons (Fsp3) is 0.571. The quantitative estimate of drug-likeness (QED) is 0.434. The first-order valence-corrected chi connectivity index (χ1v) is 8.05. The van der Waals surface area contributed by atoms with E-state index in [-0.39, 0.29) is 29.9 Å². The lowest BCUT2D eigenvalue weighted by Gasteiger charge is -2.17. The van der Waals surface area contributed by atoms with Gasteiger partial charge in [0.1, 0.15) is 0 Å². The molecule has 0 aliphatic carbocycles. The maximum absolute atomic E-state index is 12.0. The van der Waals surface area contributed by atoms with Gasteiger partial charge in [0.15, 0.2) is 5.96 Å². The molecule has 21 heavy (non-hydrogen) atoms. The molecule has 2 rings (SSSR count). The van der Waals surface area contributed by atoms with Gasteiger partial charge in [0.2, 0.25) is 5.91 Å². The molecule has 0 unspecified atom stereocenters. The van der Waals surface area contributed by atoms with Crippen LogP contribution in [-0.4, -0.2) is 42.9 Å². The highest BCUT2D eigenvalue weighted by Crippen LogP contribution is 2.07. The first kappa shape index (κ1) is 18.2. The van der Waals surface area contributed by atoms with E-state index in [1.165, 1.54) is 5.56 Å². The van der Waals surface area contributed by atoms with Gasteiger partial charge in [0, 0.05) is 19.6 Å². The van der Waals surface area contributed by atoms with Gasteiger partial charge in [0.25, 0.3) is 0 Å². The van der Waals surface area contributed by atoms with E-state index in [9.17, 15) is 4.79 Å². The molecular weight excluding hydrogens is 399 g/mol. The van der Waals surface area contributed by atoms with Crippen molar-refractivity contribution >= 4 is 47.2 Å². The van der Waals surface area contributed by atoms with E-state index in [1.807, 2.05) is 17.2 Å². The fourth-order valence-corrected chi connectivity index (χ4v) is 2.79. The van der Waals surface area contributed by atoms with Crippen LogP contribution in [0.3, 0.4) is 0 Å². The monoisotopic (exact) mass is 422 g/mol. The Morgan fingerprint density at radius 2 is 2.14 bits per heavy atom. The number of amides is 1. The SMILES string of the molecule is CCNC(=NCc1ccsc1)NCC(=O)N1CCCC1.I. The summed E-state index contributed by atoms with van der Waals surface area (Å²) in [6.45, 7) is 5.54. The van der Waals surface area contributed by atoms with Gasteiger partial charge in [-0.15, -0.1) is 24.0 Å². The number of thiophene rings is 1.